The van der Waals surface area contributed by atoms with Crippen molar-refractivity contribution in [2.24, 2.45) is 0 Å². The minimum absolute atomic E-state index is 0.192. The summed E-state index contributed by atoms with van der Waals surface area (Å²) >= 11 is 0. The van der Waals surface area contributed by atoms with Crippen LogP contribution in [0.25, 0.3) is 0 Å². The molecule has 0 saturated heterocycles. The Labute approximate surface area is 104 Å². The predicted molar refractivity (Wildman–Crippen MR) is 70.2 cm³/mol. The highest BCUT2D eigenvalue weighted by Gasteiger charge is 2.17. The number of rotatable bonds is 7. The number of carbonyl (C=O) groups is 1. The third-order valence-electron chi connectivity index (χ3n) is 2.78. The molecule has 0 spiro atoms. The maximum Gasteiger partial charge on any atom is 0.165 e. The second kappa shape index (κ2) is 7.23. The van der Waals surface area contributed by atoms with Gasteiger partial charge in [0.1, 0.15) is 6.10 Å². The molecule has 0 bridgehead atoms. The van der Waals surface area contributed by atoms with E-state index in [1.165, 1.54) is 5.56 Å². The molecule has 0 aromatic heterocycles. The zero-order valence-electron chi connectivity index (χ0n) is 11.0. The number of hydrogen-bond acceptors (Lipinski definition) is 2. The highest BCUT2D eigenvalue weighted by Crippen LogP contribution is 2.10. The van der Waals surface area contributed by atoms with Gasteiger partial charge >= 0.3 is 0 Å². The highest BCUT2D eigenvalue weighted by molar-refractivity contribution is 5.85. The zero-order chi connectivity index (χ0) is 12.7. The normalized spacial score (nSPS) is 12.4. The average molecular weight is 234 g/mol. The Balaban J connectivity index is 2.59. The van der Waals surface area contributed by atoms with Crippen molar-refractivity contribution < 1.29 is 9.53 Å². The first-order chi connectivity index (χ1) is 8.17. The van der Waals surface area contributed by atoms with Gasteiger partial charge in [0.15, 0.2) is 5.78 Å². The first kappa shape index (κ1) is 13.9. The summed E-state index contributed by atoms with van der Waals surface area (Å²) in [5.41, 5.74) is 2.29. The second-order valence-corrected chi connectivity index (χ2v) is 4.36. The van der Waals surface area contributed by atoms with Gasteiger partial charge in [-0.1, -0.05) is 43.2 Å². The largest absolute Gasteiger partial charge is 0.371 e. The molecule has 1 rings (SSSR count). The molecule has 0 aliphatic heterocycles. The molecule has 0 radical (unpaired) electrons. The van der Waals surface area contributed by atoms with E-state index in [2.05, 4.69) is 6.92 Å². The van der Waals surface area contributed by atoms with Crippen molar-refractivity contribution in [3.8, 4) is 0 Å². The Kier molecular flexibility index (Phi) is 5.92. The van der Waals surface area contributed by atoms with Gasteiger partial charge in [-0.25, -0.2) is 0 Å². The fourth-order valence-corrected chi connectivity index (χ4v) is 1.82. The fourth-order valence-electron chi connectivity index (χ4n) is 1.82. The minimum Gasteiger partial charge on any atom is -0.371 e. The Morgan fingerprint density at radius 1 is 1.24 bits per heavy atom. The number of ether oxygens (including phenoxy) is 1. The Morgan fingerprint density at radius 3 is 2.41 bits per heavy atom. The predicted octanol–water partition coefficient (Wildman–Crippen LogP) is 3.31. The summed E-state index contributed by atoms with van der Waals surface area (Å²) in [7, 11) is 0. The summed E-state index contributed by atoms with van der Waals surface area (Å²) in [5, 5.41) is 0. The van der Waals surface area contributed by atoms with Crippen LogP contribution in [-0.2, 0) is 16.0 Å². The minimum atomic E-state index is -0.230. The van der Waals surface area contributed by atoms with Crippen LogP contribution in [0.3, 0.4) is 0 Å². The van der Waals surface area contributed by atoms with Crippen molar-refractivity contribution in [3.05, 3.63) is 35.4 Å². The second-order valence-electron chi connectivity index (χ2n) is 4.36. The molecular formula is C15H22O2. The van der Waals surface area contributed by atoms with E-state index in [9.17, 15) is 4.79 Å². The Morgan fingerprint density at radius 2 is 1.88 bits per heavy atom. The van der Waals surface area contributed by atoms with E-state index in [1.54, 1.807) is 0 Å². The molecule has 94 valence electrons. The summed E-state index contributed by atoms with van der Waals surface area (Å²) in [6, 6.07) is 8.11. The molecule has 0 aliphatic carbocycles. The lowest BCUT2D eigenvalue weighted by Gasteiger charge is -2.14. The van der Waals surface area contributed by atoms with Crippen LogP contribution >= 0.6 is 0 Å². The van der Waals surface area contributed by atoms with Crippen LogP contribution in [0.4, 0.5) is 0 Å². The van der Waals surface area contributed by atoms with E-state index in [1.807, 2.05) is 38.1 Å². The number of Topliss-reactive ketones (excluding diaryl/α,β-unsaturated/α-hetero) is 1. The van der Waals surface area contributed by atoms with Crippen molar-refractivity contribution in [2.75, 3.05) is 6.61 Å². The lowest BCUT2D eigenvalue weighted by molar-refractivity contribution is -0.130. The number of carbonyl (C=O) groups excluding carboxylic acids is 1. The SMILES string of the molecule is CCCC(OCC)C(=O)Cc1ccc(C)cc1. The third kappa shape index (κ3) is 4.70. The first-order valence-electron chi connectivity index (χ1n) is 6.37. The summed E-state index contributed by atoms with van der Waals surface area (Å²) in [6.07, 6.45) is 2.04. The van der Waals surface area contributed by atoms with E-state index >= 15 is 0 Å². The van der Waals surface area contributed by atoms with Gasteiger partial charge in [-0.05, 0) is 25.8 Å². The molecule has 1 atom stereocenters. The smallest absolute Gasteiger partial charge is 0.165 e. The van der Waals surface area contributed by atoms with Gasteiger partial charge in [-0.3, -0.25) is 4.79 Å². The van der Waals surface area contributed by atoms with Gasteiger partial charge in [0.05, 0.1) is 0 Å². The highest BCUT2D eigenvalue weighted by atomic mass is 16.5. The van der Waals surface area contributed by atoms with Crippen LogP contribution in [0.2, 0.25) is 0 Å². The van der Waals surface area contributed by atoms with E-state index < -0.39 is 0 Å². The summed E-state index contributed by atoms with van der Waals surface area (Å²) < 4.78 is 5.49. The van der Waals surface area contributed by atoms with Crippen LogP contribution in [0.1, 0.15) is 37.8 Å². The lowest BCUT2D eigenvalue weighted by atomic mass is 10.0. The molecule has 17 heavy (non-hydrogen) atoms. The standard InChI is InChI=1S/C15H22O2/c1-4-6-15(17-5-2)14(16)11-13-9-7-12(3)8-10-13/h7-10,15H,4-6,11H2,1-3H3. The summed E-state index contributed by atoms with van der Waals surface area (Å²) in [5.74, 6) is 0.192. The third-order valence-corrected chi connectivity index (χ3v) is 2.78. The quantitative estimate of drug-likeness (QED) is 0.723. The molecule has 1 aromatic carbocycles. The van der Waals surface area contributed by atoms with Crippen molar-refractivity contribution in [3.63, 3.8) is 0 Å². The molecule has 1 aromatic rings. The monoisotopic (exact) mass is 234 g/mol. The molecule has 2 nitrogen and oxygen atoms in total. The first-order valence-corrected chi connectivity index (χ1v) is 6.37. The zero-order valence-corrected chi connectivity index (χ0v) is 11.0. The van der Waals surface area contributed by atoms with E-state index in [4.69, 9.17) is 4.74 Å². The molecule has 0 heterocycles. The van der Waals surface area contributed by atoms with Crippen molar-refractivity contribution in [1.82, 2.24) is 0 Å². The van der Waals surface area contributed by atoms with Gasteiger partial charge < -0.3 is 4.74 Å². The van der Waals surface area contributed by atoms with Crippen LogP contribution < -0.4 is 0 Å². The molecular weight excluding hydrogens is 212 g/mol. The molecule has 0 N–H and O–H groups in total. The number of hydrogen-bond donors (Lipinski definition) is 0. The van der Waals surface area contributed by atoms with Gasteiger partial charge in [-0.2, -0.15) is 0 Å². The van der Waals surface area contributed by atoms with Crippen molar-refractivity contribution in [2.45, 2.75) is 46.1 Å². The Hall–Kier alpha value is -1.15. The number of aryl methyl sites for hydroxylation is 1. The van der Waals surface area contributed by atoms with Crippen LogP contribution in [0, 0.1) is 6.92 Å². The van der Waals surface area contributed by atoms with Gasteiger partial charge in [0, 0.05) is 13.0 Å². The molecule has 0 amide bonds. The van der Waals surface area contributed by atoms with Crippen LogP contribution in [-0.4, -0.2) is 18.5 Å². The average Bonchev–Trinajstić information content (AvgIpc) is 2.32. The van der Waals surface area contributed by atoms with Crippen molar-refractivity contribution in [1.29, 1.82) is 0 Å². The molecule has 0 fully saturated rings. The maximum atomic E-state index is 12.1. The topological polar surface area (TPSA) is 26.3 Å². The van der Waals surface area contributed by atoms with E-state index in [0.29, 0.717) is 13.0 Å². The van der Waals surface area contributed by atoms with Crippen molar-refractivity contribution >= 4 is 5.78 Å². The van der Waals surface area contributed by atoms with Gasteiger partial charge in [0.25, 0.3) is 0 Å². The lowest BCUT2D eigenvalue weighted by Crippen LogP contribution is -2.25. The van der Waals surface area contributed by atoms with Crippen LogP contribution in [0.5, 0.6) is 0 Å². The van der Waals surface area contributed by atoms with Crippen LogP contribution in [0.15, 0.2) is 24.3 Å². The van der Waals surface area contributed by atoms with Gasteiger partial charge in [-0.15, -0.1) is 0 Å². The summed E-state index contributed by atoms with van der Waals surface area (Å²) in [4.78, 5) is 12.1. The Bertz CT molecular complexity index is 334. The molecule has 0 aliphatic rings. The number of ketones is 1. The maximum absolute atomic E-state index is 12.1. The number of benzene rings is 1. The van der Waals surface area contributed by atoms with Gasteiger partial charge in [0.2, 0.25) is 0 Å². The molecule has 1 unspecified atom stereocenters. The molecule has 0 saturated carbocycles. The summed E-state index contributed by atoms with van der Waals surface area (Å²) in [6.45, 7) is 6.66. The fraction of sp³-hybridized carbons (Fsp3) is 0.533. The van der Waals surface area contributed by atoms with E-state index in [0.717, 1.165) is 18.4 Å². The van der Waals surface area contributed by atoms with E-state index in [-0.39, 0.29) is 11.9 Å². The molecule has 2 heteroatoms.